The first kappa shape index (κ1) is 12.5. The van der Waals surface area contributed by atoms with Gasteiger partial charge in [0.25, 0.3) is 0 Å². The molecule has 0 radical (unpaired) electrons. The van der Waals surface area contributed by atoms with E-state index in [-0.39, 0.29) is 0 Å². The number of ether oxygens (including phenoxy) is 1. The molecule has 1 saturated carbocycles. The largest absolute Gasteiger partial charge is 0.388 e. The first-order valence-electron chi connectivity index (χ1n) is 6.19. The summed E-state index contributed by atoms with van der Waals surface area (Å²) in [5.74, 6) is 1.11. The van der Waals surface area contributed by atoms with Crippen molar-refractivity contribution >= 4 is 5.84 Å². The van der Waals surface area contributed by atoms with Crippen molar-refractivity contribution in [3.63, 3.8) is 0 Å². The molecular weight excluding hydrogens is 188 g/mol. The van der Waals surface area contributed by atoms with Gasteiger partial charge in [-0.1, -0.05) is 19.3 Å². The van der Waals surface area contributed by atoms with E-state index in [0.717, 1.165) is 32.0 Å². The molecule has 0 spiro atoms. The highest BCUT2D eigenvalue weighted by Crippen LogP contribution is 2.23. The highest BCUT2D eigenvalue weighted by molar-refractivity contribution is 5.76. The van der Waals surface area contributed by atoms with Gasteiger partial charge in [0.2, 0.25) is 0 Å². The van der Waals surface area contributed by atoms with Crippen LogP contribution in [0.4, 0.5) is 0 Å². The fourth-order valence-corrected chi connectivity index (χ4v) is 2.12. The molecule has 0 aromatic heterocycles. The van der Waals surface area contributed by atoms with E-state index in [4.69, 9.17) is 15.9 Å². The molecule has 1 fully saturated rings. The van der Waals surface area contributed by atoms with Crippen LogP contribution in [0, 0.1) is 11.3 Å². The standard InChI is InChI=1S/C12H24N2O/c13-12(14)8-4-5-9-15-10-11-6-2-1-3-7-11/h11H,1-10H2,(H3,13,14). The summed E-state index contributed by atoms with van der Waals surface area (Å²) >= 11 is 0. The van der Waals surface area contributed by atoms with Crippen LogP contribution in [0.5, 0.6) is 0 Å². The molecule has 0 aliphatic heterocycles. The minimum absolute atomic E-state index is 0.294. The Bertz CT molecular complexity index is 176. The SMILES string of the molecule is N=C(N)CCCCOCC1CCCCC1. The van der Waals surface area contributed by atoms with Crippen LogP contribution in [-0.2, 0) is 4.74 Å². The Hall–Kier alpha value is -0.570. The zero-order valence-corrected chi connectivity index (χ0v) is 9.63. The van der Waals surface area contributed by atoms with Gasteiger partial charge >= 0.3 is 0 Å². The van der Waals surface area contributed by atoms with E-state index in [1.165, 1.54) is 32.1 Å². The lowest BCUT2D eigenvalue weighted by molar-refractivity contribution is 0.0830. The van der Waals surface area contributed by atoms with Gasteiger partial charge in [-0.3, -0.25) is 5.41 Å². The Morgan fingerprint density at radius 1 is 1.20 bits per heavy atom. The van der Waals surface area contributed by atoms with Crippen molar-refractivity contribution in [2.45, 2.75) is 51.4 Å². The van der Waals surface area contributed by atoms with Crippen molar-refractivity contribution in [2.24, 2.45) is 11.7 Å². The van der Waals surface area contributed by atoms with Crippen LogP contribution in [0.15, 0.2) is 0 Å². The molecular formula is C12H24N2O. The van der Waals surface area contributed by atoms with E-state index in [0.29, 0.717) is 12.3 Å². The summed E-state index contributed by atoms with van der Waals surface area (Å²) in [5, 5.41) is 7.07. The first-order chi connectivity index (χ1) is 7.29. The van der Waals surface area contributed by atoms with E-state index >= 15 is 0 Å². The zero-order chi connectivity index (χ0) is 10.9. The highest BCUT2D eigenvalue weighted by Gasteiger charge is 2.12. The third-order valence-corrected chi connectivity index (χ3v) is 3.06. The van der Waals surface area contributed by atoms with Gasteiger partial charge < -0.3 is 10.5 Å². The summed E-state index contributed by atoms with van der Waals surface area (Å²) in [6.07, 6.45) is 9.63. The molecule has 1 rings (SSSR count). The Morgan fingerprint density at radius 2 is 1.93 bits per heavy atom. The van der Waals surface area contributed by atoms with Crippen molar-refractivity contribution < 1.29 is 4.74 Å². The normalized spacial score (nSPS) is 17.9. The van der Waals surface area contributed by atoms with Gasteiger partial charge in [0.05, 0.1) is 5.84 Å². The van der Waals surface area contributed by atoms with Gasteiger partial charge in [-0.15, -0.1) is 0 Å². The Morgan fingerprint density at radius 3 is 2.60 bits per heavy atom. The second-order valence-corrected chi connectivity index (χ2v) is 4.56. The lowest BCUT2D eigenvalue weighted by Gasteiger charge is -2.21. The van der Waals surface area contributed by atoms with Crippen LogP contribution in [0.1, 0.15) is 51.4 Å². The maximum atomic E-state index is 7.07. The number of unbranched alkanes of at least 4 members (excludes halogenated alkanes) is 1. The van der Waals surface area contributed by atoms with Gasteiger partial charge in [0.1, 0.15) is 0 Å². The van der Waals surface area contributed by atoms with E-state index in [9.17, 15) is 0 Å². The van der Waals surface area contributed by atoms with Gasteiger partial charge in [-0.05, 0) is 31.6 Å². The van der Waals surface area contributed by atoms with E-state index < -0.39 is 0 Å². The summed E-state index contributed by atoms with van der Waals surface area (Å²) in [6, 6.07) is 0. The Balaban J connectivity index is 1.85. The van der Waals surface area contributed by atoms with Crippen molar-refractivity contribution in [2.75, 3.05) is 13.2 Å². The molecule has 15 heavy (non-hydrogen) atoms. The molecule has 0 atom stereocenters. The summed E-state index contributed by atoms with van der Waals surface area (Å²) in [6.45, 7) is 1.78. The van der Waals surface area contributed by atoms with Crippen LogP contribution in [0.25, 0.3) is 0 Å². The third-order valence-electron chi connectivity index (χ3n) is 3.06. The average molecular weight is 212 g/mol. The van der Waals surface area contributed by atoms with Gasteiger partial charge in [-0.2, -0.15) is 0 Å². The average Bonchev–Trinajstić information content (AvgIpc) is 2.24. The molecule has 1 aliphatic carbocycles. The molecule has 0 bridgehead atoms. The Labute approximate surface area is 92.9 Å². The fourth-order valence-electron chi connectivity index (χ4n) is 2.12. The Kier molecular flexibility index (Phi) is 6.41. The molecule has 0 saturated heterocycles. The number of rotatable bonds is 7. The number of hydrogen-bond donors (Lipinski definition) is 2. The van der Waals surface area contributed by atoms with Crippen molar-refractivity contribution in [3.05, 3.63) is 0 Å². The number of nitrogens with one attached hydrogen (secondary N) is 1. The third kappa shape index (κ3) is 6.50. The summed E-state index contributed by atoms with van der Waals surface area (Å²) in [7, 11) is 0. The first-order valence-corrected chi connectivity index (χ1v) is 6.19. The molecule has 0 amide bonds. The molecule has 88 valence electrons. The molecule has 3 N–H and O–H groups in total. The number of nitrogens with two attached hydrogens (primary N) is 1. The van der Waals surface area contributed by atoms with Gasteiger partial charge in [0, 0.05) is 19.6 Å². The fraction of sp³-hybridized carbons (Fsp3) is 0.917. The molecule has 1 aliphatic rings. The van der Waals surface area contributed by atoms with Crippen LogP contribution in [-0.4, -0.2) is 19.0 Å². The molecule has 0 unspecified atom stereocenters. The molecule has 0 aromatic rings. The van der Waals surface area contributed by atoms with Crippen LogP contribution < -0.4 is 5.73 Å². The molecule has 3 heteroatoms. The van der Waals surface area contributed by atoms with E-state index in [2.05, 4.69) is 0 Å². The second-order valence-electron chi connectivity index (χ2n) is 4.56. The highest BCUT2D eigenvalue weighted by atomic mass is 16.5. The van der Waals surface area contributed by atoms with Crippen LogP contribution in [0.3, 0.4) is 0 Å². The predicted octanol–water partition coefficient (Wildman–Crippen LogP) is 2.69. The topological polar surface area (TPSA) is 59.1 Å². The lowest BCUT2D eigenvalue weighted by atomic mass is 9.90. The van der Waals surface area contributed by atoms with Crippen molar-refractivity contribution in [3.8, 4) is 0 Å². The maximum absolute atomic E-state index is 7.07. The number of amidine groups is 1. The van der Waals surface area contributed by atoms with E-state index in [1.807, 2.05) is 0 Å². The molecule has 0 heterocycles. The predicted molar refractivity (Wildman–Crippen MR) is 63.2 cm³/mol. The maximum Gasteiger partial charge on any atom is 0.0905 e. The molecule has 3 nitrogen and oxygen atoms in total. The van der Waals surface area contributed by atoms with Gasteiger partial charge in [-0.25, -0.2) is 0 Å². The van der Waals surface area contributed by atoms with Crippen LogP contribution >= 0.6 is 0 Å². The molecule has 0 aromatic carbocycles. The number of hydrogen-bond acceptors (Lipinski definition) is 2. The quantitative estimate of drug-likeness (QED) is 0.387. The lowest BCUT2D eigenvalue weighted by Crippen LogP contribution is -2.14. The minimum Gasteiger partial charge on any atom is -0.388 e. The van der Waals surface area contributed by atoms with Crippen LogP contribution in [0.2, 0.25) is 0 Å². The van der Waals surface area contributed by atoms with Crippen molar-refractivity contribution in [1.82, 2.24) is 0 Å². The van der Waals surface area contributed by atoms with E-state index in [1.54, 1.807) is 0 Å². The summed E-state index contributed by atoms with van der Waals surface area (Å²) < 4.78 is 5.64. The second kappa shape index (κ2) is 7.69. The summed E-state index contributed by atoms with van der Waals surface area (Å²) in [5.41, 5.74) is 5.27. The minimum atomic E-state index is 0.294. The summed E-state index contributed by atoms with van der Waals surface area (Å²) in [4.78, 5) is 0. The smallest absolute Gasteiger partial charge is 0.0905 e. The van der Waals surface area contributed by atoms with Crippen molar-refractivity contribution in [1.29, 1.82) is 5.41 Å². The van der Waals surface area contributed by atoms with Gasteiger partial charge in [0.15, 0.2) is 0 Å². The monoisotopic (exact) mass is 212 g/mol. The zero-order valence-electron chi connectivity index (χ0n) is 9.63.